The van der Waals surface area contributed by atoms with Crippen LogP contribution in [-0.2, 0) is 0 Å². The zero-order valence-corrected chi connectivity index (χ0v) is 11.9. The lowest BCUT2D eigenvalue weighted by Gasteiger charge is -2.11. The number of rotatable bonds is 3. The van der Waals surface area contributed by atoms with Crippen LogP contribution in [0.4, 0.5) is 5.82 Å². The molecule has 0 saturated carbocycles. The summed E-state index contributed by atoms with van der Waals surface area (Å²) in [5.41, 5.74) is 0.339. The van der Waals surface area contributed by atoms with Gasteiger partial charge in [0.15, 0.2) is 0 Å². The maximum absolute atomic E-state index is 12.1. The summed E-state index contributed by atoms with van der Waals surface area (Å²) in [7, 11) is 0. The molecule has 0 aliphatic heterocycles. The first kappa shape index (κ1) is 13.8. The number of hydrogen-bond donors (Lipinski definition) is 1. The van der Waals surface area contributed by atoms with Gasteiger partial charge in [-0.2, -0.15) is 5.10 Å². The maximum atomic E-state index is 12.1. The molecule has 2 aromatic rings. The Hall–Kier alpha value is -1.59. The van der Waals surface area contributed by atoms with Crippen LogP contribution in [0.25, 0.3) is 0 Å². The largest absolute Gasteiger partial charge is 0.307 e. The van der Waals surface area contributed by atoms with E-state index in [1.165, 1.54) is 12.3 Å². The number of amides is 1. The van der Waals surface area contributed by atoms with Gasteiger partial charge in [0.1, 0.15) is 11.0 Å². The van der Waals surface area contributed by atoms with Crippen LogP contribution >= 0.6 is 23.2 Å². The molecule has 1 N–H and O–H groups in total. The number of carbonyl (C=O) groups excluding carboxylic acids is 1. The van der Waals surface area contributed by atoms with E-state index < -0.39 is 0 Å². The Kier molecular flexibility index (Phi) is 4.07. The molecule has 5 nitrogen and oxygen atoms in total. The fourth-order valence-corrected chi connectivity index (χ4v) is 1.83. The second kappa shape index (κ2) is 5.59. The number of aromatic nitrogens is 3. The quantitative estimate of drug-likeness (QED) is 0.883. The summed E-state index contributed by atoms with van der Waals surface area (Å²) < 4.78 is 1.71. The molecule has 100 valence electrons. The molecule has 0 aliphatic carbocycles. The van der Waals surface area contributed by atoms with Crippen molar-refractivity contribution in [2.24, 2.45) is 0 Å². The Labute approximate surface area is 120 Å². The highest BCUT2D eigenvalue weighted by atomic mass is 35.5. The van der Waals surface area contributed by atoms with Gasteiger partial charge in [0.05, 0.1) is 16.8 Å². The van der Waals surface area contributed by atoms with Crippen molar-refractivity contribution in [3.05, 3.63) is 40.3 Å². The van der Waals surface area contributed by atoms with Gasteiger partial charge in [-0.1, -0.05) is 23.2 Å². The zero-order chi connectivity index (χ0) is 14.0. The Bertz CT molecular complexity index is 610. The Morgan fingerprint density at radius 1 is 1.42 bits per heavy atom. The van der Waals surface area contributed by atoms with E-state index in [0.29, 0.717) is 11.4 Å². The minimum absolute atomic E-state index is 0.150. The monoisotopic (exact) mass is 298 g/mol. The van der Waals surface area contributed by atoms with Gasteiger partial charge in [0.25, 0.3) is 5.91 Å². The van der Waals surface area contributed by atoms with Gasteiger partial charge in [-0.15, -0.1) is 0 Å². The normalized spacial score (nSPS) is 10.8. The highest BCUT2D eigenvalue weighted by Crippen LogP contribution is 2.20. The number of pyridine rings is 1. The van der Waals surface area contributed by atoms with E-state index in [1.807, 2.05) is 13.8 Å². The first-order valence-corrected chi connectivity index (χ1v) is 6.40. The molecular formula is C12H12Cl2N4O. The third-order valence-electron chi connectivity index (χ3n) is 2.46. The summed E-state index contributed by atoms with van der Waals surface area (Å²) in [5.74, 6) is 0.305. The van der Waals surface area contributed by atoms with Crippen LogP contribution in [-0.4, -0.2) is 20.7 Å². The molecule has 2 rings (SSSR count). The second-order valence-corrected chi connectivity index (χ2v) is 4.97. The standard InChI is InChI=1S/C12H12Cl2N4O/c1-7(2)18-10(3-4-16-18)17-12(19)8-5-9(13)11(14)15-6-8/h3-7H,1-2H3,(H,17,19). The molecule has 7 heteroatoms. The van der Waals surface area contributed by atoms with Crippen LogP contribution in [0.2, 0.25) is 10.2 Å². The van der Waals surface area contributed by atoms with Crippen molar-refractivity contribution in [1.29, 1.82) is 0 Å². The third-order valence-corrected chi connectivity index (χ3v) is 3.15. The van der Waals surface area contributed by atoms with Gasteiger partial charge in [-0.05, 0) is 19.9 Å². The number of nitrogens with zero attached hydrogens (tertiary/aromatic N) is 3. The van der Waals surface area contributed by atoms with Gasteiger partial charge in [-0.25, -0.2) is 9.67 Å². The minimum Gasteiger partial charge on any atom is -0.307 e. The number of anilines is 1. The molecule has 0 saturated heterocycles. The second-order valence-electron chi connectivity index (χ2n) is 4.21. The highest BCUT2D eigenvalue weighted by Gasteiger charge is 2.12. The molecule has 0 aliphatic rings. The number of nitrogens with one attached hydrogen (secondary N) is 1. The molecule has 1 amide bonds. The third kappa shape index (κ3) is 3.05. The van der Waals surface area contributed by atoms with E-state index in [4.69, 9.17) is 23.2 Å². The molecule has 0 unspecified atom stereocenters. The molecule has 0 aromatic carbocycles. The molecular weight excluding hydrogens is 287 g/mol. The minimum atomic E-state index is -0.312. The lowest BCUT2D eigenvalue weighted by atomic mass is 10.2. The van der Waals surface area contributed by atoms with Crippen LogP contribution in [0, 0.1) is 0 Å². The lowest BCUT2D eigenvalue weighted by Crippen LogP contribution is -2.17. The van der Waals surface area contributed by atoms with Crippen molar-refractivity contribution >= 4 is 34.9 Å². The highest BCUT2D eigenvalue weighted by molar-refractivity contribution is 6.41. The van der Waals surface area contributed by atoms with Gasteiger partial charge in [0, 0.05) is 18.3 Å². The summed E-state index contributed by atoms with van der Waals surface area (Å²) in [6, 6.07) is 3.35. The molecule has 0 fully saturated rings. The summed E-state index contributed by atoms with van der Waals surface area (Å²) in [5, 5.41) is 7.30. The van der Waals surface area contributed by atoms with E-state index in [2.05, 4.69) is 15.4 Å². The van der Waals surface area contributed by atoms with Crippen LogP contribution in [0.15, 0.2) is 24.5 Å². The van der Waals surface area contributed by atoms with E-state index in [1.54, 1.807) is 16.9 Å². The molecule has 0 bridgehead atoms. The summed E-state index contributed by atoms with van der Waals surface area (Å²) in [4.78, 5) is 15.9. The summed E-state index contributed by atoms with van der Waals surface area (Å²) >= 11 is 11.5. The van der Waals surface area contributed by atoms with Gasteiger partial charge >= 0.3 is 0 Å². The SMILES string of the molecule is CC(C)n1nccc1NC(=O)c1cnc(Cl)c(Cl)c1. The predicted molar refractivity (Wildman–Crippen MR) is 74.8 cm³/mol. The molecule has 2 aromatic heterocycles. The van der Waals surface area contributed by atoms with Crippen LogP contribution in [0.3, 0.4) is 0 Å². The lowest BCUT2D eigenvalue weighted by molar-refractivity contribution is 0.102. The maximum Gasteiger partial charge on any atom is 0.258 e. The zero-order valence-electron chi connectivity index (χ0n) is 10.4. The van der Waals surface area contributed by atoms with Crippen molar-refractivity contribution in [3.63, 3.8) is 0 Å². The molecule has 0 spiro atoms. The smallest absolute Gasteiger partial charge is 0.258 e. The van der Waals surface area contributed by atoms with Crippen molar-refractivity contribution < 1.29 is 4.79 Å². The summed E-state index contributed by atoms with van der Waals surface area (Å²) in [6.07, 6.45) is 3.00. The first-order valence-electron chi connectivity index (χ1n) is 5.65. The van der Waals surface area contributed by atoms with Crippen LogP contribution < -0.4 is 5.32 Å². The summed E-state index contributed by atoms with van der Waals surface area (Å²) in [6.45, 7) is 3.95. The van der Waals surface area contributed by atoms with Crippen molar-refractivity contribution in [1.82, 2.24) is 14.8 Å². The van der Waals surface area contributed by atoms with E-state index in [9.17, 15) is 4.79 Å². The van der Waals surface area contributed by atoms with E-state index in [0.717, 1.165) is 0 Å². The van der Waals surface area contributed by atoms with E-state index in [-0.39, 0.29) is 22.1 Å². The fourth-order valence-electron chi connectivity index (χ4n) is 1.56. The molecule has 0 atom stereocenters. The first-order chi connectivity index (χ1) is 8.99. The number of hydrogen-bond acceptors (Lipinski definition) is 3. The molecule has 0 radical (unpaired) electrons. The Morgan fingerprint density at radius 2 is 2.16 bits per heavy atom. The average molecular weight is 299 g/mol. The number of carbonyl (C=O) groups is 1. The molecule has 2 heterocycles. The Morgan fingerprint density at radius 3 is 2.79 bits per heavy atom. The van der Waals surface area contributed by atoms with Crippen LogP contribution in [0.1, 0.15) is 30.2 Å². The van der Waals surface area contributed by atoms with Crippen molar-refractivity contribution in [2.45, 2.75) is 19.9 Å². The topological polar surface area (TPSA) is 59.8 Å². The van der Waals surface area contributed by atoms with E-state index >= 15 is 0 Å². The van der Waals surface area contributed by atoms with Gasteiger partial charge in [-0.3, -0.25) is 4.79 Å². The van der Waals surface area contributed by atoms with Gasteiger partial charge < -0.3 is 5.32 Å². The van der Waals surface area contributed by atoms with Crippen molar-refractivity contribution in [3.8, 4) is 0 Å². The van der Waals surface area contributed by atoms with Crippen LogP contribution in [0.5, 0.6) is 0 Å². The molecule has 19 heavy (non-hydrogen) atoms. The fraction of sp³-hybridized carbons (Fsp3) is 0.250. The van der Waals surface area contributed by atoms with Crippen molar-refractivity contribution in [2.75, 3.05) is 5.32 Å². The predicted octanol–water partition coefficient (Wildman–Crippen LogP) is 3.42. The van der Waals surface area contributed by atoms with Gasteiger partial charge in [0.2, 0.25) is 0 Å². The number of halogens is 2. The Balaban J connectivity index is 2.21. The average Bonchev–Trinajstić information content (AvgIpc) is 2.80.